The quantitative estimate of drug-likeness (QED) is 0.306. The molecular formula is C32H28N2O5. The highest BCUT2D eigenvalue weighted by atomic mass is 16.4. The van der Waals surface area contributed by atoms with Gasteiger partial charge in [-0.3, -0.25) is 9.59 Å². The van der Waals surface area contributed by atoms with Crippen LogP contribution in [0.15, 0.2) is 79.3 Å². The average Bonchev–Trinajstić information content (AvgIpc) is 3.37. The Kier molecular flexibility index (Phi) is 5.37. The lowest BCUT2D eigenvalue weighted by atomic mass is 9.83. The molecule has 2 aliphatic rings. The maximum atomic E-state index is 13.6. The highest BCUT2D eigenvalue weighted by molar-refractivity contribution is 6.05. The molecule has 1 fully saturated rings. The van der Waals surface area contributed by atoms with Crippen LogP contribution in [0.25, 0.3) is 33.1 Å². The number of furan rings is 1. The Balaban J connectivity index is 1.25. The van der Waals surface area contributed by atoms with Crippen LogP contribution in [0.4, 0.5) is 0 Å². The molecule has 196 valence electrons. The molecule has 1 saturated heterocycles. The SMILES string of the molecule is Cc1c(CC(=O)N2C[C@@H]3C[C@@H](C2)c2cccc(=O)n2C3)c(=O)oc2c(C)c3occ(-c4ccccc4)c3cc12. The van der Waals surface area contributed by atoms with Gasteiger partial charge >= 0.3 is 5.63 Å². The number of carbonyl (C=O) groups is 1. The first-order valence-corrected chi connectivity index (χ1v) is 13.4. The van der Waals surface area contributed by atoms with E-state index >= 15 is 0 Å². The topological polar surface area (TPSA) is 85.7 Å². The number of likely N-dealkylation sites (tertiary alicyclic amines) is 1. The van der Waals surface area contributed by atoms with Gasteiger partial charge in [-0.2, -0.15) is 0 Å². The number of fused-ring (bicyclic) bond motifs is 6. The molecule has 5 heterocycles. The zero-order valence-corrected chi connectivity index (χ0v) is 21.9. The van der Waals surface area contributed by atoms with E-state index in [2.05, 4.69) is 0 Å². The van der Waals surface area contributed by atoms with Gasteiger partial charge in [0.1, 0.15) is 11.2 Å². The van der Waals surface area contributed by atoms with E-state index in [9.17, 15) is 14.4 Å². The Morgan fingerprint density at radius 2 is 1.74 bits per heavy atom. The Morgan fingerprint density at radius 3 is 2.56 bits per heavy atom. The van der Waals surface area contributed by atoms with Crippen molar-refractivity contribution in [2.24, 2.45) is 5.92 Å². The van der Waals surface area contributed by atoms with Gasteiger partial charge < -0.3 is 18.3 Å². The van der Waals surface area contributed by atoms with E-state index in [0.717, 1.165) is 45.1 Å². The van der Waals surface area contributed by atoms with E-state index in [1.165, 1.54) is 0 Å². The van der Waals surface area contributed by atoms with Crippen molar-refractivity contribution in [1.82, 2.24) is 9.47 Å². The maximum Gasteiger partial charge on any atom is 0.340 e. The molecular weight excluding hydrogens is 492 g/mol. The molecule has 0 spiro atoms. The van der Waals surface area contributed by atoms with Gasteiger partial charge in [-0.25, -0.2) is 4.79 Å². The summed E-state index contributed by atoms with van der Waals surface area (Å²) >= 11 is 0. The molecule has 3 aromatic heterocycles. The minimum atomic E-state index is -0.486. The lowest BCUT2D eigenvalue weighted by Gasteiger charge is -2.42. The fourth-order valence-electron chi connectivity index (χ4n) is 6.60. The number of pyridine rings is 1. The summed E-state index contributed by atoms with van der Waals surface area (Å²) in [6.45, 7) is 5.54. The van der Waals surface area contributed by atoms with Crippen LogP contribution < -0.4 is 11.2 Å². The molecule has 0 unspecified atom stereocenters. The highest BCUT2D eigenvalue weighted by Crippen LogP contribution is 2.38. The van der Waals surface area contributed by atoms with Gasteiger partial charge in [-0.1, -0.05) is 36.4 Å². The van der Waals surface area contributed by atoms with Crippen molar-refractivity contribution >= 4 is 27.8 Å². The fourth-order valence-corrected chi connectivity index (χ4v) is 6.60. The normalized spacial score (nSPS) is 18.5. The number of aromatic nitrogens is 1. The number of nitrogens with zero attached hydrogens (tertiary/aromatic N) is 2. The smallest absolute Gasteiger partial charge is 0.340 e. The fraction of sp³-hybridized carbons (Fsp3) is 0.281. The zero-order chi connectivity index (χ0) is 26.8. The van der Waals surface area contributed by atoms with E-state index < -0.39 is 5.63 Å². The molecule has 2 atom stereocenters. The van der Waals surface area contributed by atoms with E-state index in [-0.39, 0.29) is 29.7 Å². The highest BCUT2D eigenvalue weighted by Gasteiger charge is 2.36. The van der Waals surface area contributed by atoms with Crippen molar-refractivity contribution in [3.05, 3.63) is 104 Å². The van der Waals surface area contributed by atoms with Crippen LogP contribution in [-0.2, 0) is 17.8 Å². The van der Waals surface area contributed by atoms with Crippen molar-refractivity contribution < 1.29 is 13.6 Å². The average molecular weight is 521 g/mol. The second-order valence-corrected chi connectivity index (χ2v) is 10.9. The Morgan fingerprint density at radius 1 is 0.923 bits per heavy atom. The minimum Gasteiger partial charge on any atom is -0.463 e. The van der Waals surface area contributed by atoms with Gasteiger partial charge in [-0.15, -0.1) is 0 Å². The summed E-state index contributed by atoms with van der Waals surface area (Å²) in [5, 5.41) is 1.75. The van der Waals surface area contributed by atoms with Gasteiger partial charge in [0.25, 0.3) is 5.56 Å². The van der Waals surface area contributed by atoms with Crippen LogP contribution >= 0.6 is 0 Å². The summed E-state index contributed by atoms with van der Waals surface area (Å²) in [7, 11) is 0. The molecule has 5 aromatic rings. The van der Waals surface area contributed by atoms with Crippen LogP contribution in [0, 0.1) is 19.8 Å². The van der Waals surface area contributed by atoms with Gasteiger partial charge in [0.05, 0.1) is 18.2 Å². The number of benzene rings is 2. The maximum absolute atomic E-state index is 13.6. The summed E-state index contributed by atoms with van der Waals surface area (Å²) in [6.07, 6.45) is 2.69. The molecule has 2 aromatic carbocycles. The van der Waals surface area contributed by atoms with Gasteiger partial charge in [0.2, 0.25) is 5.91 Å². The summed E-state index contributed by atoms with van der Waals surface area (Å²) in [5.74, 6) is 0.262. The standard InChI is InChI=1S/C32H28N2O5/c1-18-23-12-25-26(21-7-4-3-5-8-21)17-38-30(25)19(2)31(23)39-32(37)24(18)13-29(36)33-14-20-11-22(16-33)27-9-6-10-28(35)34(27)15-20/h3-10,12,17,20,22H,11,13-16H2,1-2H3/t20-,22-/m0/s1. The summed E-state index contributed by atoms with van der Waals surface area (Å²) in [5.41, 5.74) is 5.63. The number of amides is 1. The number of hydrogen-bond acceptors (Lipinski definition) is 5. The van der Waals surface area contributed by atoms with Crippen LogP contribution in [0.2, 0.25) is 0 Å². The third-order valence-corrected chi connectivity index (χ3v) is 8.59. The van der Waals surface area contributed by atoms with E-state index in [1.54, 1.807) is 18.4 Å². The molecule has 7 rings (SSSR count). The van der Waals surface area contributed by atoms with Crippen LogP contribution in [-0.4, -0.2) is 28.5 Å². The Hall–Kier alpha value is -4.39. The number of hydrogen-bond donors (Lipinski definition) is 0. The molecule has 7 heteroatoms. The largest absolute Gasteiger partial charge is 0.463 e. The van der Waals surface area contributed by atoms with E-state index in [0.29, 0.717) is 36.4 Å². The number of rotatable bonds is 3. The van der Waals surface area contributed by atoms with Crippen molar-refractivity contribution in [2.45, 2.75) is 39.2 Å². The van der Waals surface area contributed by atoms with Crippen LogP contribution in [0.5, 0.6) is 0 Å². The number of piperidine rings is 1. The molecule has 2 aliphatic heterocycles. The molecule has 2 bridgehead atoms. The second-order valence-electron chi connectivity index (χ2n) is 10.9. The third-order valence-electron chi connectivity index (χ3n) is 8.59. The van der Waals surface area contributed by atoms with E-state index in [1.807, 2.05) is 65.8 Å². The second kappa shape index (κ2) is 8.83. The first-order valence-electron chi connectivity index (χ1n) is 13.4. The third kappa shape index (κ3) is 3.75. The number of carbonyl (C=O) groups excluding carboxylic acids is 1. The van der Waals surface area contributed by atoms with Gasteiger partial charge in [0, 0.05) is 59.2 Å². The zero-order valence-electron chi connectivity index (χ0n) is 21.9. The molecule has 39 heavy (non-hydrogen) atoms. The molecule has 0 aliphatic carbocycles. The first kappa shape index (κ1) is 23.7. The van der Waals surface area contributed by atoms with Gasteiger partial charge in [0.15, 0.2) is 0 Å². The van der Waals surface area contributed by atoms with Crippen molar-refractivity contribution in [2.75, 3.05) is 13.1 Å². The molecule has 0 N–H and O–H groups in total. The van der Waals surface area contributed by atoms with Crippen LogP contribution in [0.1, 0.15) is 34.7 Å². The summed E-state index contributed by atoms with van der Waals surface area (Å²) in [4.78, 5) is 41.0. The van der Waals surface area contributed by atoms with Crippen molar-refractivity contribution in [3.8, 4) is 11.1 Å². The molecule has 0 radical (unpaired) electrons. The Labute approximate surface area is 224 Å². The molecule has 1 amide bonds. The van der Waals surface area contributed by atoms with Crippen molar-refractivity contribution in [3.63, 3.8) is 0 Å². The first-order chi connectivity index (χ1) is 18.9. The summed E-state index contributed by atoms with van der Waals surface area (Å²) in [6, 6.07) is 17.4. The molecule has 0 saturated carbocycles. The predicted octanol–water partition coefficient (Wildman–Crippen LogP) is 5.17. The van der Waals surface area contributed by atoms with Crippen molar-refractivity contribution in [1.29, 1.82) is 0 Å². The monoisotopic (exact) mass is 520 g/mol. The number of aryl methyl sites for hydroxylation is 2. The van der Waals surface area contributed by atoms with Crippen LogP contribution in [0.3, 0.4) is 0 Å². The molecule has 7 nitrogen and oxygen atoms in total. The lowest BCUT2D eigenvalue weighted by Crippen LogP contribution is -2.49. The van der Waals surface area contributed by atoms with Gasteiger partial charge in [-0.05, 0) is 49.4 Å². The predicted molar refractivity (Wildman–Crippen MR) is 149 cm³/mol. The lowest BCUT2D eigenvalue weighted by molar-refractivity contribution is -0.133. The van der Waals surface area contributed by atoms with E-state index in [4.69, 9.17) is 8.83 Å². The Bertz CT molecular complexity index is 1900. The summed E-state index contributed by atoms with van der Waals surface area (Å²) < 4.78 is 13.6. The minimum absolute atomic E-state index is 0.0147.